The molecule has 0 saturated heterocycles. The molecule has 4 rings (SSSR count). The SMILES string of the molecule is O=c1oc(Nc2ccccc2)c(Sc2ccccc2)c2ccccc12. The summed E-state index contributed by atoms with van der Waals surface area (Å²) in [6, 6.07) is 27.3. The van der Waals surface area contributed by atoms with Gasteiger partial charge in [0.2, 0.25) is 5.88 Å². The third-order valence-corrected chi connectivity index (χ3v) is 4.90. The van der Waals surface area contributed by atoms with Gasteiger partial charge >= 0.3 is 5.63 Å². The summed E-state index contributed by atoms with van der Waals surface area (Å²) in [7, 11) is 0. The molecule has 0 amide bonds. The molecule has 0 aliphatic heterocycles. The van der Waals surface area contributed by atoms with E-state index in [9.17, 15) is 4.79 Å². The van der Waals surface area contributed by atoms with Crippen molar-refractivity contribution in [3.63, 3.8) is 0 Å². The molecule has 4 heteroatoms. The molecule has 0 saturated carbocycles. The Morgan fingerprint density at radius 3 is 2.04 bits per heavy atom. The third kappa shape index (κ3) is 3.30. The van der Waals surface area contributed by atoms with Crippen molar-refractivity contribution in [1.29, 1.82) is 0 Å². The van der Waals surface area contributed by atoms with E-state index in [1.54, 1.807) is 17.8 Å². The van der Waals surface area contributed by atoms with Gasteiger partial charge in [-0.25, -0.2) is 4.79 Å². The van der Waals surface area contributed by atoms with Crippen LogP contribution in [0.25, 0.3) is 10.8 Å². The number of hydrogen-bond donors (Lipinski definition) is 1. The Hall–Kier alpha value is -2.98. The van der Waals surface area contributed by atoms with Crippen LogP contribution in [-0.4, -0.2) is 0 Å². The Labute approximate surface area is 149 Å². The number of nitrogens with one attached hydrogen (secondary N) is 1. The first kappa shape index (κ1) is 15.5. The van der Waals surface area contributed by atoms with Crippen LogP contribution in [0, 0.1) is 0 Å². The fourth-order valence-corrected chi connectivity index (χ4v) is 3.62. The molecular formula is C21H15NO2S. The molecule has 1 heterocycles. The highest BCUT2D eigenvalue weighted by Gasteiger charge is 2.15. The Morgan fingerprint density at radius 2 is 1.32 bits per heavy atom. The van der Waals surface area contributed by atoms with Crippen molar-refractivity contribution < 1.29 is 4.42 Å². The van der Waals surface area contributed by atoms with Crippen molar-refractivity contribution >= 4 is 34.1 Å². The number of fused-ring (bicyclic) bond motifs is 1. The lowest BCUT2D eigenvalue weighted by Gasteiger charge is -2.12. The third-order valence-electron chi connectivity index (χ3n) is 3.79. The maximum Gasteiger partial charge on any atom is 0.345 e. The Balaban J connectivity index is 1.88. The molecule has 0 aliphatic rings. The van der Waals surface area contributed by atoms with Crippen LogP contribution in [0.3, 0.4) is 0 Å². The van der Waals surface area contributed by atoms with Gasteiger partial charge in [-0.15, -0.1) is 0 Å². The summed E-state index contributed by atoms with van der Waals surface area (Å²) in [5.74, 6) is 0.462. The molecule has 4 aromatic rings. The lowest BCUT2D eigenvalue weighted by Crippen LogP contribution is -2.04. The van der Waals surface area contributed by atoms with Crippen LogP contribution in [-0.2, 0) is 0 Å². The number of hydrogen-bond acceptors (Lipinski definition) is 4. The summed E-state index contributed by atoms with van der Waals surface area (Å²) in [5, 5.41) is 4.70. The molecule has 1 aromatic heterocycles. The molecule has 0 atom stereocenters. The number of benzene rings is 3. The first-order valence-corrected chi connectivity index (χ1v) is 8.74. The highest BCUT2D eigenvalue weighted by atomic mass is 32.2. The van der Waals surface area contributed by atoms with Crippen molar-refractivity contribution in [3.8, 4) is 0 Å². The van der Waals surface area contributed by atoms with Crippen LogP contribution >= 0.6 is 11.8 Å². The molecule has 0 aliphatic carbocycles. The average molecular weight is 345 g/mol. The molecule has 3 nitrogen and oxygen atoms in total. The molecule has 0 bridgehead atoms. The van der Waals surface area contributed by atoms with Crippen LogP contribution in [0.4, 0.5) is 11.6 Å². The summed E-state index contributed by atoms with van der Waals surface area (Å²) in [5.41, 5.74) is 0.530. The van der Waals surface area contributed by atoms with Gasteiger partial charge < -0.3 is 9.73 Å². The zero-order valence-electron chi connectivity index (χ0n) is 13.3. The summed E-state index contributed by atoms with van der Waals surface area (Å²) < 4.78 is 5.61. The van der Waals surface area contributed by atoms with Gasteiger partial charge in [0.15, 0.2) is 0 Å². The van der Waals surface area contributed by atoms with E-state index in [4.69, 9.17) is 4.42 Å². The fraction of sp³-hybridized carbons (Fsp3) is 0. The van der Waals surface area contributed by atoms with Crippen molar-refractivity contribution in [2.24, 2.45) is 0 Å². The highest BCUT2D eigenvalue weighted by molar-refractivity contribution is 7.99. The van der Waals surface area contributed by atoms with Gasteiger partial charge in [-0.3, -0.25) is 0 Å². The minimum atomic E-state index is -0.341. The second kappa shape index (κ2) is 6.87. The average Bonchev–Trinajstić information content (AvgIpc) is 2.67. The lowest BCUT2D eigenvalue weighted by atomic mass is 10.2. The van der Waals surface area contributed by atoms with Crippen LogP contribution in [0.15, 0.2) is 104 Å². The van der Waals surface area contributed by atoms with Crippen molar-refractivity contribution in [3.05, 3.63) is 95.3 Å². The quantitative estimate of drug-likeness (QED) is 0.516. The predicted molar refractivity (Wildman–Crippen MR) is 103 cm³/mol. The van der Waals surface area contributed by atoms with E-state index in [1.807, 2.05) is 78.9 Å². The van der Waals surface area contributed by atoms with Crippen molar-refractivity contribution in [1.82, 2.24) is 0 Å². The predicted octanol–water partition coefficient (Wildman–Crippen LogP) is 5.69. The van der Waals surface area contributed by atoms with E-state index >= 15 is 0 Å². The molecule has 122 valence electrons. The maximum absolute atomic E-state index is 12.4. The van der Waals surface area contributed by atoms with Crippen LogP contribution in [0.1, 0.15) is 0 Å². The van der Waals surface area contributed by atoms with Gasteiger partial charge in [0.1, 0.15) is 0 Å². The lowest BCUT2D eigenvalue weighted by molar-refractivity contribution is 0.528. The Morgan fingerprint density at radius 1 is 0.720 bits per heavy atom. The largest absolute Gasteiger partial charge is 0.405 e. The van der Waals surface area contributed by atoms with E-state index in [-0.39, 0.29) is 5.63 Å². The van der Waals surface area contributed by atoms with E-state index in [0.717, 1.165) is 20.9 Å². The first-order chi connectivity index (χ1) is 12.3. The van der Waals surface area contributed by atoms with Gasteiger partial charge in [0.05, 0.1) is 10.3 Å². The number of anilines is 2. The molecule has 0 fully saturated rings. The standard InChI is InChI=1S/C21H15NO2S/c23-21-18-14-8-7-13-17(18)19(25-16-11-5-2-6-12-16)20(24-21)22-15-9-3-1-4-10-15/h1-14,22H. The molecule has 0 unspecified atom stereocenters. The zero-order valence-corrected chi connectivity index (χ0v) is 14.1. The van der Waals surface area contributed by atoms with Gasteiger partial charge in [0, 0.05) is 16.0 Å². The number of rotatable bonds is 4. The molecular weight excluding hydrogens is 330 g/mol. The van der Waals surface area contributed by atoms with E-state index in [1.165, 1.54) is 0 Å². The van der Waals surface area contributed by atoms with Crippen LogP contribution in [0.5, 0.6) is 0 Å². The van der Waals surface area contributed by atoms with E-state index in [2.05, 4.69) is 5.32 Å². The van der Waals surface area contributed by atoms with Crippen molar-refractivity contribution in [2.75, 3.05) is 5.32 Å². The fourth-order valence-electron chi connectivity index (χ4n) is 2.62. The van der Waals surface area contributed by atoms with E-state index < -0.39 is 0 Å². The summed E-state index contributed by atoms with van der Waals surface area (Å²) in [6.45, 7) is 0. The van der Waals surface area contributed by atoms with Gasteiger partial charge in [-0.1, -0.05) is 66.4 Å². The first-order valence-electron chi connectivity index (χ1n) is 7.92. The topological polar surface area (TPSA) is 42.2 Å². The van der Waals surface area contributed by atoms with E-state index in [0.29, 0.717) is 11.3 Å². The summed E-state index contributed by atoms with van der Waals surface area (Å²) >= 11 is 1.58. The Bertz CT molecular complexity index is 1060. The molecule has 0 radical (unpaired) electrons. The zero-order chi connectivity index (χ0) is 17.1. The van der Waals surface area contributed by atoms with Gasteiger partial charge in [0.25, 0.3) is 0 Å². The monoisotopic (exact) mass is 345 g/mol. The number of para-hydroxylation sites is 1. The van der Waals surface area contributed by atoms with Crippen LogP contribution in [0.2, 0.25) is 0 Å². The normalized spacial score (nSPS) is 10.7. The highest BCUT2D eigenvalue weighted by Crippen LogP contribution is 2.38. The smallest absolute Gasteiger partial charge is 0.345 e. The van der Waals surface area contributed by atoms with Gasteiger partial charge in [-0.2, -0.15) is 0 Å². The van der Waals surface area contributed by atoms with Crippen molar-refractivity contribution in [2.45, 2.75) is 9.79 Å². The molecule has 25 heavy (non-hydrogen) atoms. The molecule has 3 aromatic carbocycles. The van der Waals surface area contributed by atoms with Gasteiger partial charge in [-0.05, 0) is 30.3 Å². The minimum absolute atomic E-state index is 0.341. The second-order valence-corrected chi connectivity index (χ2v) is 6.58. The van der Waals surface area contributed by atoms with Crippen LogP contribution < -0.4 is 10.9 Å². The molecule has 0 spiro atoms. The summed E-state index contributed by atoms with van der Waals surface area (Å²) in [6.07, 6.45) is 0. The summed E-state index contributed by atoms with van der Waals surface area (Å²) in [4.78, 5) is 14.4. The Kier molecular flexibility index (Phi) is 4.27. The molecule has 1 N–H and O–H groups in total. The minimum Gasteiger partial charge on any atom is -0.405 e. The maximum atomic E-state index is 12.4. The second-order valence-electron chi connectivity index (χ2n) is 5.50.